The number of nitrogens with zero attached hydrogens (tertiary/aromatic N) is 2. The molecule has 0 aromatic heterocycles. The molecule has 0 bridgehead atoms. The molecule has 2 aliphatic rings. The number of halogens is 2. The van der Waals surface area contributed by atoms with E-state index in [9.17, 15) is 9.59 Å². The Kier molecular flexibility index (Phi) is 7.32. The van der Waals surface area contributed by atoms with E-state index >= 15 is 0 Å². The van der Waals surface area contributed by atoms with Gasteiger partial charge in [0, 0.05) is 19.8 Å². The maximum atomic E-state index is 13.6. The highest BCUT2D eigenvalue weighted by Crippen LogP contribution is 2.48. The minimum Gasteiger partial charge on any atom is -0.330 e. The van der Waals surface area contributed by atoms with E-state index in [1.165, 1.54) is 16.8 Å². The molecule has 4 aromatic rings. The summed E-state index contributed by atoms with van der Waals surface area (Å²) >= 11 is 15.5. The van der Waals surface area contributed by atoms with Crippen LogP contribution in [0.2, 0.25) is 10.0 Å². The highest BCUT2D eigenvalue weighted by atomic mass is 35.5. The van der Waals surface area contributed by atoms with E-state index in [2.05, 4.69) is 5.43 Å². The van der Waals surface area contributed by atoms with Crippen molar-refractivity contribution in [2.75, 3.05) is 11.4 Å². The number of benzene rings is 4. The normalized spacial score (nSPS) is 17.2. The van der Waals surface area contributed by atoms with Crippen molar-refractivity contribution in [3.8, 4) is 0 Å². The molecule has 0 spiro atoms. The smallest absolute Gasteiger partial charge is 0.280 e. The van der Waals surface area contributed by atoms with Crippen molar-refractivity contribution in [1.82, 2.24) is 10.4 Å². The summed E-state index contributed by atoms with van der Waals surface area (Å²) in [6, 6.07) is 30.6. The fraction of sp³-hybridized carbons (Fsp3) is 0.0667. The fourth-order valence-corrected chi connectivity index (χ4v) is 7.09. The van der Waals surface area contributed by atoms with Crippen LogP contribution in [0.3, 0.4) is 0 Å². The monoisotopic (exact) mass is 589 g/mol. The number of anilines is 2. The largest absolute Gasteiger partial charge is 0.330 e. The molecule has 1 unspecified atom stereocenters. The molecule has 39 heavy (non-hydrogen) atoms. The van der Waals surface area contributed by atoms with Crippen LogP contribution in [0.15, 0.2) is 112 Å². The van der Waals surface area contributed by atoms with Crippen molar-refractivity contribution in [3.05, 3.63) is 123 Å². The van der Waals surface area contributed by atoms with Gasteiger partial charge in [-0.2, -0.15) is 0 Å². The van der Waals surface area contributed by atoms with E-state index in [1.807, 2.05) is 83.8 Å². The van der Waals surface area contributed by atoms with Gasteiger partial charge in [0.15, 0.2) is 0 Å². The number of carbonyl (C=O) groups excluding carboxylic acids is 2. The zero-order valence-corrected chi connectivity index (χ0v) is 23.5. The van der Waals surface area contributed by atoms with E-state index in [0.29, 0.717) is 15.0 Å². The second kappa shape index (κ2) is 11.0. The van der Waals surface area contributed by atoms with Crippen LogP contribution < -0.4 is 10.3 Å². The Balaban J connectivity index is 1.30. The predicted molar refractivity (Wildman–Crippen MR) is 160 cm³/mol. The predicted octanol–water partition coefficient (Wildman–Crippen LogP) is 7.94. The van der Waals surface area contributed by atoms with Crippen LogP contribution in [-0.4, -0.2) is 23.4 Å². The second-order valence-electron chi connectivity index (χ2n) is 8.89. The quantitative estimate of drug-likeness (QED) is 0.239. The molecule has 2 heterocycles. The first-order chi connectivity index (χ1) is 19.0. The summed E-state index contributed by atoms with van der Waals surface area (Å²) in [7, 11) is 0. The van der Waals surface area contributed by atoms with Crippen LogP contribution in [0, 0.1) is 0 Å². The number of nitrogens with one attached hydrogen (secondary N) is 1. The second-order valence-corrected chi connectivity index (χ2v) is 11.9. The molecule has 6 rings (SSSR count). The number of fused-ring (bicyclic) bond motifs is 2. The lowest BCUT2D eigenvalue weighted by atomic mass is 10.2. The van der Waals surface area contributed by atoms with Crippen LogP contribution in [0.5, 0.6) is 0 Å². The van der Waals surface area contributed by atoms with Gasteiger partial charge in [-0.1, -0.05) is 101 Å². The van der Waals surface area contributed by atoms with Crippen LogP contribution >= 0.6 is 46.7 Å². The van der Waals surface area contributed by atoms with Gasteiger partial charge in [-0.25, -0.2) is 5.01 Å². The lowest BCUT2D eigenvalue weighted by molar-refractivity contribution is -0.137. The van der Waals surface area contributed by atoms with Crippen molar-refractivity contribution in [1.29, 1.82) is 0 Å². The lowest BCUT2D eigenvalue weighted by Gasteiger charge is -2.33. The SMILES string of the molecule is O=C(CN1c2ccccc2Sc2ccccc21)NN1C(=O)/C(=C/c2ccccc2Cl)SC1c1ccc(Cl)cc1. The molecule has 4 aromatic carbocycles. The summed E-state index contributed by atoms with van der Waals surface area (Å²) in [6.45, 7) is 0.0416. The Morgan fingerprint density at radius 3 is 2.13 bits per heavy atom. The summed E-state index contributed by atoms with van der Waals surface area (Å²) in [5.41, 5.74) is 6.37. The van der Waals surface area contributed by atoms with Crippen molar-refractivity contribution >= 4 is 76.0 Å². The maximum absolute atomic E-state index is 13.6. The summed E-state index contributed by atoms with van der Waals surface area (Å²) in [4.78, 5) is 31.8. The highest BCUT2D eigenvalue weighted by molar-refractivity contribution is 8.04. The minimum atomic E-state index is -0.469. The van der Waals surface area contributed by atoms with E-state index in [4.69, 9.17) is 23.2 Å². The Labute approximate surface area is 244 Å². The fourth-order valence-electron chi connectivity index (χ4n) is 4.50. The molecule has 5 nitrogen and oxygen atoms in total. The van der Waals surface area contributed by atoms with Gasteiger partial charge in [0.05, 0.1) is 16.3 Å². The molecule has 2 aliphatic heterocycles. The van der Waals surface area contributed by atoms with Gasteiger partial charge in [-0.05, 0) is 59.7 Å². The molecule has 2 amide bonds. The number of hydrogen-bond donors (Lipinski definition) is 1. The summed E-state index contributed by atoms with van der Waals surface area (Å²) in [6.07, 6.45) is 1.76. The van der Waals surface area contributed by atoms with Crippen LogP contribution in [0.4, 0.5) is 11.4 Å². The molecule has 9 heteroatoms. The van der Waals surface area contributed by atoms with Crippen LogP contribution in [0.1, 0.15) is 16.5 Å². The van der Waals surface area contributed by atoms with Crippen LogP contribution in [0.25, 0.3) is 6.08 Å². The third kappa shape index (κ3) is 5.28. The van der Waals surface area contributed by atoms with E-state index < -0.39 is 5.37 Å². The molecular formula is C30H21Cl2N3O2S2. The number of thioether (sulfide) groups is 1. The molecule has 1 fully saturated rings. The Bertz CT molecular complexity index is 1560. The maximum Gasteiger partial charge on any atom is 0.280 e. The molecular weight excluding hydrogens is 569 g/mol. The number of carbonyl (C=O) groups is 2. The van der Waals surface area contributed by atoms with Gasteiger partial charge in [-0.15, -0.1) is 0 Å². The van der Waals surface area contributed by atoms with Gasteiger partial charge in [0.25, 0.3) is 11.8 Å². The van der Waals surface area contributed by atoms with Gasteiger partial charge in [-0.3, -0.25) is 15.0 Å². The highest BCUT2D eigenvalue weighted by Gasteiger charge is 2.39. The first-order valence-electron chi connectivity index (χ1n) is 12.1. The Hall–Kier alpha value is -3.36. The zero-order chi connectivity index (χ0) is 26.9. The Morgan fingerprint density at radius 1 is 0.846 bits per heavy atom. The van der Waals surface area contributed by atoms with Gasteiger partial charge < -0.3 is 4.90 Å². The molecule has 0 saturated carbocycles. The topological polar surface area (TPSA) is 52.7 Å². The number of rotatable bonds is 5. The summed E-state index contributed by atoms with van der Waals surface area (Å²) in [5, 5.41) is 2.07. The number of para-hydroxylation sites is 2. The van der Waals surface area contributed by atoms with Crippen molar-refractivity contribution in [2.24, 2.45) is 0 Å². The average molecular weight is 591 g/mol. The summed E-state index contributed by atoms with van der Waals surface area (Å²) < 4.78 is 0. The zero-order valence-electron chi connectivity index (χ0n) is 20.4. The number of hydrazine groups is 1. The summed E-state index contributed by atoms with van der Waals surface area (Å²) in [5.74, 6) is -0.610. The molecule has 1 atom stereocenters. The minimum absolute atomic E-state index is 0.0416. The molecule has 194 valence electrons. The van der Waals surface area contributed by atoms with Crippen molar-refractivity contribution in [3.63, 3.8) is 0 Å². The lowest BCUT2D eigenvalue weighted by Crippen LogP contribution is -2.47. The number of amides is 2. The molecule has 1 N–H and O–H groups in total. The first-order valence-corrected chi connectivity index (χ1v) is 14.6. The molecule has 0 aliphatic carbocycles. The molecule has 0 radical (unpaired) electrons. The Morgan fingerprint density at radius 2 is 1.46 bits per heavy atom. The van der Waals surface area contributed by atoms with Crippen molar-refractivity contribution in [2.45, 2.75) is 15.2 Å². The van der Waals surface area contributed by atoms with E-state index in [-0.39, 0.29) is 18.4 Å². The average Bonchev–Trinajstić information content (AvgIpc) is 3.24. The third-order valence-corrected chi connectivity index (χ3v) is 9.31. The van der Waals surface area contributed by atoms with E-state index in [0.717, 1.165) is 32.3 Å². The standard InChI is InChI=1S/C30H21Cl2N3O2S2/c31-21-15-13-19(14-16-21)30-35(29(37)27(39-30)17-20-7-1-2-8-22(20)32)33-28(36)18-34-23-9-3-5-11-25(23)38-26-12-6-4-10-24(26)34/h1-17,30H,18H2,(H,33,36)/b27-17-. The van der Waals surface area contributed by atoms with Gasteiger partial charge >= 0.3 is 0 Å². The first kappa shape index (κ1) is 25.9. The third-order valence-electron chi connectivity index (χ3n) is 6.33. The van der Waals surface area contributed by atoms with Gasteiger partial charge in [0.2, 0.25) is 0 Å². The van der Waals surface area contributed by atoms with E-state index in [1.54, 1.807) is 36.0 Å². The van der Waals surface area contributed by atoms with Crippen LogP contribution in [-0.2, 0) is 9.59 Å². The molecule has 1 saturated heterocycles. The van der Waals surface area contributed by atoms with Crippen molar-refractivity contribution < 1.29 is 9.59 Å². The number of hydrogen-bond acceptors (Lipinski definition) is 5. The van der Waals surface area contributed by atoms with Gasteiger partial charge in [0.1, 0.15) is 11.9 Å².